The predicted molar refractivity (Wildman–Crippen MR) is 57.1 cm³/mol. The van der Waals surface area contributed by atoms with E-state index in [4.69, 9.17) is 14.7 Å². The summed E-state index contributed by atoms with van der Waals surface area (Å²) in [6.07, 6.45) is 0. The topological polar surface area (TPSA) is 61.7 Å². The molecular formula is C8H14BNO3S. The van der Waals surface area contributed by atoms with Crippen LogP contribution in [-0.4, -0.2) is 23.4 Å². The van der Waals surface area contributed by atoms with Crippen LogP contribution in [0.25, 0.3) is 0 Å². The Morgan fingerprint density at radius 1 is 1.50 bits per heavy atom. The van der Waals surface area contributed by atoms with Crippen LogP contribution in [0.4, 0.5) is 0 Å². The van der Waals surface area contributed by atoms with Gasteiger partial charge in [0.05, 0.1) is 0 Å². The highest BCUT2D eigenvalue weighted by Gasteiger charge is 2.12. The van der Waals surface area contributed by atoms with E-state index >= 15 is 0 Å². The van der Waals surface area contributed by atoms with Crippen LogP contribution < -0.4 is 9.97 Å². The average molecular weight is 215 g/mol. The summed E-state index contributed by atoms with van der Waals surface area (Å²) in [5.41, 5.74) is 0. The first-order chi connectivity index (χ1) is 6.58. The molecule has 0 radical (unpaired) electrons. The minimum Gasteiger partial charge on any atom is -0.504 e. The van der Waals surface area contributed by atoms with Crippen LogP contribution in [0.2, 0.25) is 0 Å². The highest BCUT2D eigenvalue weighted by molar-refractivity contribution is 7.14. The smallest absolute Gasteiger partial charge is 0.504 e. The van der Waals surface area contributed by atoms with Gasteiger partial charge in [-0.3, -0.25) is 0 Å². The lowest BCUT2D eigenvalue weighted by Gasteiger charge is -2.05. The van der Waals surface area contributed by atoms with E-state index in [9.17, 15) is 0 Å². The lowest BCUT2D eigenvalue weighted by atomic mass is 10.3. The van der Waals surface area contributed by atoms with E-state index in [0.717, 1.165) is 11.4 Å². The molecule has 0 atom stereocenters. The van der Waals surface area contributed by atoms with Gasteiger partial charge in [-0.1, -0.05) is 13.8 Å². The molecule has 4 nitrogen and oxygen atoms in total. The summed E-state index contributed by atoms with van der Waals surface area (Å²) in [6, 6.07) is 4.06. The minimum absolute atomic E-state index is 0.435. The van der Waals surface area contributed by atoms with Gasteiger partial charge in [-0.25, -0.2) is 0 Å². The van der Waals surface area contributed by atoms with Crippen molar-refractivity contribution in [2.45, 2.75) is 26.4 Å². The van der Waals surface area contributed by atoms with Gasteiger partial charge >= 0.3 is 7.32 Å². The summed E-state index contributed by atoms with van der Waals surface area (Å²) < 4.78 is 4.70. The molecule has 1 aromatic heterocycles. The molecule has 0 spiro atoms. The van der Waals surface area contributed by atoms with E-state index < -0.39 is 7.32 Å². The fourth-order valence-electron chi connectivity index (χ4n) is 0.925. The van der Waals surface area contributed by atoms with E-state index in [2.05, 4.69) is 19.2 Å². The molecule has 1 aromatic rings. The molecule has 0 saturated heterocycles. The zero-order chi connectivity index (χ0) is 10.6. The van der Waals surface area contributed by atoms with Crippen molar-refractivity contribution >= 4 is 18.7 Å². The maximum absolute atomic E-state index is 8.56. The molecule has 0 unspecified atom stereocenters. The van der Waals surface area contributed by atoms with Crippen LogP contribution in [0.1, 0.15) is 18.7 Å². The Balaban J connectivity index is 2.42. The molecule has 6 heteroatoms. The summed E-state index contributed by atoms with van der Waals surface area (Å²) in [4.78, 5) is 1.11. The lowest BCUT2D eigenvalue weighted by molar-refractivity contribution is 0.292. The van der Waals surface area contributed by atoms with Crippen molar-refractivity contribution < 1.29 is 14.7 Å². The molecule has 0 amide bonds. The fourth-order valence-corrected chi connectivity index (χ4v) is 1.75. The largest absolute Gasteiger partial charge is 0.708 e. The summed E-state index contributed by atoms with van der Waals surface area (Å²) in [5.74, 6) is 0. The number of rotatable bonds is 5. The highest BCUT2D eigenvalue weighted by Crippen LogP contribution is 2.24. The number of thiophene rings is 1. The van der Waals surface area contributed by atoms with Gasteiger partial charge in [0.2, 0.25) is 0 Å². The van der Waals surface area contributed by atoms with Crippen molar-refractivity contribution in [3.05, 3.63) is 17.0 Å². The van der Waals surface area contributed by atoms with Crippen molar-refractivity contribution in [2.24, 2.45) is 0 Å². The second-order valence-electron chi connectivity index (χ2n) is 3.20. The van der Waals surface area contributed by atoms with E-state index in [1.54, 1.807) is 6.07 Å². The Labute approximate surface area is 87.7 Å². The van der Waals surface area contributed by atoms with Crippen molar-refractivity contribution in [1.82, 2.24) is 5.32 Å². The van der Waals surface area contributed by atoms with Gasteiger partial charge in [-0.05, 0) is 12.1 Å². The third kappa shape index (κ3) is 4.10. The van der Waals surface area contributed by atoms with Crippen LogP contribution in [0.5, 0.6) is 5.06 Å². The molecule has 3 N–H and O–H groups in total. The third-order valence-corrected chi connectivity index (χ3v) is 2.52. The Morgan fingerprint density at radius 2 is 2.21 bits per heavy atom. The first kappa shape index (κ1) is 11.5. The lowest BCUT2D eigenvalue weighted by Crippen LogP contribution is -2.21. The fraction of sp³-hybridized carbons (Fsp3) is 0.500. The SMILES string of the molecule is CC(C)NCc1ccc(OB(O)O)s1. The predicted octanol–water partition coefficient (Wildman–Crippen LogP) is 0.594. The maximum atomic E-state index is 8.56. The Morgan fingerprint density at radius 3 is 2.79 bits per heavy atom. The third-order valence-electron chi connectivity index (χ3n) is 1.54. The molecule has 0 aromatic carbocycles. The Kier molecular flexibility index (Phi) is 4.41. The number of hydrogen-bond donors (Lipinski definition) is 3. The molecular weight excluding hydrogens is 201 g/mol. The van der Waals surface area contributed by atoms with E-state index in [-0.39, 0.29) is 0 Å². The monoisotopic (exact) mass is 215 g/mol. The van der Waals surface area contributed by atoms with Crippen molar-refractivity contribution in [2.75, 3.05) is 0 Å². The van der Waals surface area contributed by atoms with Crippen molar-refractivity contribution in [3.63, 3.8) is 0 Å². The van der Waals surface area contributed by atoms with Crippen molar-refractivity contribution in [3.8, 4) is 5.06 Å². The van der Waals surface area contributed by atoms with Crippen LogP contribution in [0, 0.1) is 0 Å². The van der Waals surface area contributed by atoms with E-state index in [0.29, 0.717) is 11.1 Å². The zero-order valence-corrected chi connectivity index (χ0v) is 9.04. The quantitative estimate of drug-likeness (QED) is 0.629. The summed E-state index contributed by atoms with van der Waals surface area (Å²) >= 11 is 1.40. The summed E-state index contributed by atoms with van der Waals surface area (Å²) in [7, 11) is -1.74. The van der Waals surface area contributed by atoms with Crippen LogP contribution in [0.15, 0.2) is 12.1 Å². The van der Waals surface area contributed by atoms with Gasteiger partial charge in [0.15, 0.2) is 5.06 Å². The van der Waals surface area contributed by atoms with Gasteiger partial charge in [-0.15, -0.1) is 11.3 Å². The van der Waals surface area contributed by atoms with Crippen LogP contribution >= 0.6 is 11.3 Å². The highest BCUT2D eigenvalue weighted by atomic mass is 32.1. The summed E-state index contributed by atoms with van der Waals surface area (Å²) in [5, 5.41) is 20.9. The van der Waals surface area contributed by atoms with Gasteiger partial charge in [0.25, 0.3) is 0 Å². The molecule has 0 bridgehead atoms. The number of nitrogens with one attached hydrogen (secondary N) is 1. The van der Waals surface area contributed by atoms with E-state index in [1.807, 2.05) is 6.07 Å². The first-order valence-electron chi connectivity index (χ1n) is 4.43. The second kappa shape index (κ2) is 5.36. The summed E-state index contributed by atoms with van der Waals surface area (Å²) in [6.45, 7) is 4.91. The normalized spacial score (nSPS) is 10.6. The molecule has 1 heterocycles. The number of hydrogen-bond acceptors (Lipinski definition) is 5. The van der Waals surface area contributed by atoms with Gasteiger partial charge in [-0.2, -0.15) is 0 Å². The molecule has 14 heavy (non-hydrogen) atoms. The molecule has 78 valence electrons. The zero-order valence-electron chi connectivity index (χ0n) is 8.23. The Hall–Kier alpha value is -0.555. The molecule has 0 aliphatic carbocycles. The Bertz CT molecular complexity index is 277. The standard InChI is InChI=1S/C8H14BNO3S/c1-6(2)10-5-7-3-4-8(14-7)13-9(11)12/h3-4,6,10-12H,5H2,1-2H3. The molecule has 0 aliphatic heterocycles. The minimum atomic E-state index is -1.74. The maximum Gasteiger partial charge on any atom is 0.708 e. The van der Waals surface area contributed by atoms with Crippen LogP contribution in [0.3, 0.4) is 0 Å². The van der Waals surface area contributed by atoms with Gasteiger partial charge in [0.1, 0.15) is 0 Å². The van der Waals surface area contributed by atoms with Gasteiger partial charge < -0.3 is 20.0 Å². The molecule has 0 fully saturated rings. The van der Waals surface area contributed by atoms with Crippen LogP contribution in [-0.2, 0) is 6.54 Å². The van der Waals surface area contributed by atoms with Gasteiger partial charge in [0, 0.05) is 17.5 Å². The van der Waals surface area contributed by atoms with E-state index in [1.165, 1.54) is 11.3 Å². The first-order valence-corrected chi connectivity index (χ1v) is 5.24. The van der Waals surface area contributed by atoms with Crippen molar-refractivity contribution in [1.29, 1.82) is 0 Å². The molecule has 1 rings (SSSR count). The second-order valence-corrected chi connectivity index (χ2v) is 4.33. The molecule has 0 saturated carbocycles. The molecule has 0 aliphatic rings. The average Bonchev–Trinajstić information content (AvgIpc) is 2.47.